The molecule has 4 N–H and O–H groups in total. The van der Waals surface area contributed by atoms with Gasteiger partial charge in [-0.2, -0.15) is 0 Å². The smallest absolute Gasteiger partial charge is 0.312 e. The maximum atomic E-state index is 11.9. The summed E-state index contributed by atoms with van der Waals surface area (Å²) in [6.07, 6.45) is 2.49. The first-order valence-corrected chi connectivity index (χ1v) is 7.51. The monoisotopic (exact) mass is 319 g/mol. The molecule has 1 aromatic heterocycles. The first-order valence-electron chi connectivity index (χ1n) is 7.51. The van der Waals surface area contributed by atoms with Crippen molar-refractivity contribution in [2.45, 2.75) is 6.42 Å². The predicted molar refractivity (Wildman–Crippen MR) is 85.8 cm³/mol. The molecule has 1 aromatic carbocycles. The molecular weight excluding hydrogens is 298 g/mol. The van der Waals surface area contributed by atoms with Crippen LogP contribution in [0.3, 0.4) is 0 Å². The van der Waals surface area contributed by atoms with Crippen LogP contribution in [0.4, 0.5) is 0 Å². The van der Waals surface area contributed by atoms with Crippen molar-refractivity contribution in [3.8, 4) is 0 Å². The molecule has 0 saturated carbocycles. The van der Waals surface area contributed by atoms with Crippen molar-refractivity contribution in [3.05, 3.63) is 36.0 Å². The normalized spacial score (nSPS) is 10.7. The van der Waals surface area contributed by atoms with Crippen LogP contribution in [0.1, 0.15) is 5.56 Å². The van der Waals surface area contributed by atoms with Crippen LogP contribution in [0.5, 0.6) is 0 Å². The maximum absolute atomic E-state index is 11.9. The van der Waals surface area contributed by atoms with Gasteiger partial charge in [0.1, 0.15) is 0 Å². The average molecular weight is 319 g/mol. The molecule has 0 aliphatic rings. The Bertz CT molecular complexity index is 662. The Morgan fingerprint density at radius 3 is 2.52 bits per heavy atom. The molecule has 1 heterocycles. The quantitative estimate of drug-likeness (QED) is 0.523. The van der Waals surface area contributed by atoms with Crippen molar-refractivity contribution >= 4 is 22.7 Å². The highest BCUT2D eigenvalue weighted by atomic mass is 16.3. The molecular formula is C16H21N3O4. The molecule has 2 amide bonds. The number of nitrogens with one attached hydrogen (secondary N) is 2. The molecule has 0 fully saturated rings. The van der Waals surface area contributed by atoms with Gasteiger partial charge in [-0.1, -0.05) is 18.2 Å². The van der Waals surface area contributed by atoms with Crippen LogP contribution in [-0.4, -0.2) is 64.8 Å². The Morgan fingerprint density at radius 1 is 1.13 bits per heavy atom. The van der Waals surface area contributed by atoms with E-state index in [9.17, 15) is 9.59 Å². The number of para-hydroxylation sites is 1. The number of hydrogen-bond acceptors (Lipinski definition) is 4. The van der Waals surface area contributed by atoms with Gasteiger partial charge in [0.05, 0.1) is 13.2 Å². The number of aromatic amines is 1. The lowest BCUT2D eigenvalue weighted by Crippen LogP contribution is -2.45. The fourth-order valence-electron chi connectivity index (χ4n) is 2.42. The van der Waals surface area contributed by atoms with E-state index in [0.29, 0.717) is 13.0 Å². The molecule has 7 heteroatoms. The summed E-state index contributed by atoms with van der Waals surface area (Å²) < 4.78 is 0. The average Bonchev–Trinajstić information content (AvgIpc) is 2.97. The number of benzene rings is 1. The van der Waals surface area contributed by atoms with Crippen LogP contribution in [0.2, 0.25) is 0 Å². The van der Waals surface area contributed by atoms with Crippen LogP contribution in [-0.2, 0) is 16.0 Å². The van der Waals surface area contributed by atoms with Crippen molar-refractivity contribution in [2.75, 3.05) is 32.8 Å². The zero-order valence-corrected chi connectivity index (χ0v) is 12.8. The Kier molecular flexibility index (Phi) is 6.13. The minimum Gasteiger partial charge on any atom is -0.395 e. The van der Waals surface area contributed by atoms with E-state index in [2.05, 4.69) is 10.3 Å². The van der Waals surface area contributed by atoms with Crippen molar-refractivity contribution in [2.24, 2.45) is 0 Å². The summed E-state index contributed by atoms with van der Waals surface area (Å²) in [4.78, 5) is 28.0. The fourth-order valence-corrected chi connectivity index (χ4v) is 2.42. The number of H-pyrrole nitrogens is 1. The topological polar surface area (TPSA) is 106 Å². The molecule has 0 aliphatic heterocycles. The number of rotatable bonds is 7. The van der Waals surface area contributed by atoms with E-state index < -0.39 is 11.8 Å². The number of aliphatic hydroxyl groups excluding tert-OH is 2. The third-order valence-corrected chi connectivity index (χ3v) is 3.58. The van der Waals surface area contributed by atoms with Crippen molar-refractivity contribution in [1.29, 1.82) is 0 Å². The molecule has 0 aliphatic carbocycles. The molecule has 7 nitrogen and oxygen atoms in total. The van der Waals surface area contributed by atoms with Crippen molar-refractivity contribution in [3.63, 3.8) is 0 Å². The Balaban J connectivity index is 1.87. The Hall–Kier alpha value is -2.38. The van der Waals surface area contributed by atoms with Gasteiger partial charge in [0, 0.05) is 36.7 Å². The number of aliphatic hydroxyl groups is 2. The molecule has 0 spiro atoms. The third kappa shape index (κ3) is 4.30. The van der Waals surface area contributed by atoms with E-state index in [1.165, 1.54) is 0 Å². The van der Waals surface area contributed by atoms with Crippen LogP contribution in [0.15, 0.2) is 30.5 Å². The summed E-state index contributed by atoms with van der Waals surface area (Å²) in [5, 5.41) is 21.4. The van der Waals surface area contributed by atoms with Gasteiger partial charge in [0.25, 0.3) is 0 Å². The van der Waals surface area contributed by atoms with Gasteiger partial charge in [0.15, 0.2) is 0 Å². The molecule has 2 aromatic rings. The molecule has 0 bridgehead atoms. The van der Waals surface area contributed by atoms with E-state index in [0.717, 1.165) is 21.4 Å². The van der Waals surface area contributed by atoms with E-state index in [1.54, 1.807) is 0 Å². The number of aromatic nitrogens is 1. The van der Waals surface area contributed by atoms with Gasteiger partial charge < -0.3 is 25.4 Å². The van der Waals surface area contributed by atoms with E-state index in [1.807, 2.05) is 30.5 Å². The van der Waals surface area contributed by atoms with Gasteiger partial charge in [-0.25, -0.2) is 0 Å². The summed E-state index contributed by atoms with van der Waals surface area (Å²) in [6, 6.07) is 7.87. The zero-order valence-electron chi connectivity index (χ0n) is 12.8. The number of carbonyl (C=O) groups is 2. The van der Waals surface area contributed by atoms with Crippen LogP contribution < -0.4 is 5.32 Å². The second kappa shape index (κ2) is 8.30. The number of hydrogen-bond donors (Lipinski definition) is 4. The van der Waals surface area contributed by atoms with Gasteiger partial charge in [0.2, 0.25) is 0 Å². The Labute approximate surface area is 133 Å². The second-order valence-electron chi connectivity index (χ2n) is 5.10. The third-order valence-electron chi connectivity index (χ3n) is 3.58. The van der Waals surface area contributed by atoms with Crippen LogP contribution in [0, 0.1) is 0 Å². The van der Waals surface area contributed by atoms with Gasteiger partial charge in [-0.05, 0) is 18.1 Å². The minimum absolute atomic E-state index is 0.0231. The van der Waals surface area contributed by atoms with Crippen molar-refractivity contribution in [1.82, 2.24) is 15.2 Å². The highest BCUT2D eigenvalue weighted by molar-refractivity contribution is 6.35. The van der Waals surface area contributed by atoms with E-state index >= 15 is 0 Å². The van der Waals surface area contributed by atoms with Gasteiger partial charge in [-0.3, -0.25) is 9.59 Å². The largest absolute Gasteiger partial charge is 0.395 e. The first kappa shape index (κ1) is 17.0. The minimum atomic E-state index is -0.743. The summed E-state index contributed by atoms with van der Waals surface area (Å²) in [5.41, 5.74) is 2.10. The molecule has 124 valence electrons. The standard InChI is InChI=1S/C16H21N3O4/c20-9-7-19(8-10-21)16(23)15(22)17-6-5-12-11-18-14-4-2-1-3-13(12)14/h1-4,11,18,20-21H,5-10H2,(H,17,22). The maximum Gasteiger partial charge on any atom is 0.312 e. The highest BCUT2D eigenvalue weighted by Gasteiger charge is 2.20. The molecule has 23 heavy (non-hydrogen) atoms. The van der Waals surface area contributed by atoms with Crippen LogP contribution in [0.25, 0.3) is 10.9 Å². The molecule has 0 atom stereocenters. The highest BCUT2D eigenvalue weighted by Crippen LogP contribution is 2.17. The number of amides is 2. The number of nitrogens with zero attached hydrogens (tertiary/aromatic N) is 1. The zero-order chi connectivity index (χ0) is 16.7. The molecule has 2 rings (SSSR count). The molecule has 0 unspecified atom stereocenters. The summed E-state index contributed by atoms with van der Waals surface area (Å²) in [7, 11) is 0. The Morgan fingerprint density at radius 2 is 1.83 bits per heavy atom. The van der Waals surface area contributed by atoms with E-state index in [-0.39, 0.29) is 26.3 Å². The van der Waals surface area contributed by atoms with Crippen molar-refractivity contribution < 1.29 is 19.8 Å². The molecule has 0 radical (unpaired) electrons. The summed E-state index contributed by atoms with van der Waals surface area (Å²) in [5.74, 6) is -1.47. The van der Waals surface area contributed by atoms with Gasteiger partial charge >= 0.3 is 11.8 Å². The number of fused-ring (bicyclic) bond motifs is 1. The lowest BCUT2D eigenvalue weighted by molar-refractivity contribution is -0.146. The first-order chi connectivity index (χ1) is 11.2. The van der Waals surface area contributed by atoms with Crippen LogP contribution >= 0.6 is 0 Å². The van der Waals surface area contributed by atoms with E-state index in [4.69, 9.17) is 10.2 Å². The number of carbonyl (C=O) groups excluding carboxylic acids is 2. The lowest BCUT2D eigenvalue weighted by Gasteiger charge is -2.19. The summed E-state index contributed by atoms with van der Waals surface area (Å²) in [6.45, 7) is -0.133. The fraction of sp³-hybridized carbons (Fsp3) is 0.375. The second-order valence-corrected chi connectivity index (χ2v) is 5.10. The lowest BCUT2D eigenvalue weighted by atomic mass is 10.1. The molecule has 0 saturated heterocycles. The SMILES string of the molecule is O=C(NCCc1c[nH]c2ccccc12)C(=O)N(CCO)CCO. The summed E-state index contributed by atoms with van der Waals surface area (Å²) >= 11 is 0. The predicted octanol–water partition coefficient (Wildman–Crippen LogP) is -0.360. The van der Waals surface area contributed by atoms with Gasteiger partial charge in [-0.15, -0.1) is 0 Å².